The lowest BCUT2D eigenvalue weighted by atomic mass is 9.75. The molecule has 0 amide bonds. The molecule has 146 valence electrons. The van der Waals surface area contributed by atoms with Crippen molar-refractivity contribution in [2.24, 2.45) is 0 Å². The molecule has 0 saturated heterocycles. The molecule has 0 saturated carbocycles. The van der Waals surface area contributed by atoms with E-state index in [1.165, 1.54) is 38.9 Å². The molecular weight excluding hydrogens is 336 g/mol. The second-order valence-electron chi connectivity index (χ2n) is 9.85. The summed E-state index contributed by atoms with van der Waals surface area (Å²) in [5, 5.41) is 0. The smallest absolute Gasteiger partial charge is 0.0126 e. The van der Waals surface area contributed by atoms with Gasteiger partial charge in [0.1, 0.15) is 0 Å². The minimum absolute atomic E-state index is 0.105. The number of aryl methyl sites for hydroxylation is 1. The van der Waals surface area contributed by atoms with Crippen LogP contribution in [0.3, 0.4) is 0 Å². The SMILES string of the molecule is CCc1cc(C(C)(C)C)c(-c2ccc(-c3ccccc3)cc2)cc1C(C)(C)C. The van der Waals surface area contributed by atoms with E-state index in [2.05, 4.69) is 115 Å². The Morgan fingerprint density at radius 2 is 1.07 bits per heavy atom. The lowest BCUT2D eigenvalue weighted by molar-refractivity contribution is 0.572. The molecule has 0 radical (unpaired) electrons. The van der Waals surface area contributed by atoms with Gasteiger partial charge in [0, 0.05) is 0 Å². The molecule has 0 heterocycles. The van der Waals surface area contributed by atoms with Gasteiger partial charge >= 0.3 is 0 Å². The van der Waals surface area contributed by atoms with Gasteiger partial charge in [-0.05, 0) is 56.2 Å². The molecule has 0 aromatic heterocycles. The summed E-state index contributed by atoms with van der Waals surface area (Å²) in [5.74, 6) is 0. The Balaban J connectivity index is 2.17. The summed E-state index contributed by atoms with van der Waals surface area (Å²) in [6.45, 7) is 16.2. The third kappa shape index (κ3) is 4.22. The number of hydrogen-bond donors (Lipinski definition) is 0. The highest BCUT2D eigenvalue weighted by molar-refractivity contribution is 5.74. The van der Waals surface area contributed by atoms with Crippen molar-refractivity contribution in [3.8, 4) is 22.3 Å². The average Bonchev–Trinajstić information content (AvgIpc) is 2.66. The van der Waals surface area contributed by atoms with Crippen LogP contribution in [-0.4, -0.2) is 0 Å². The first-order valence-electron chi connectivity index (χ1n) is 10.4. The molecule has 0 aliphatic carbocycles. The lowest BCUT2D eigenvalue weighted by Gasteiger charge is -2.30. The van der Waals surface area contributed by atoms with Crippen LogP contribution in [0.15, 0.2) is 66.7 Å². The molecule has 0 aliphatic heterocycles. The number of rotatable bonds is 3. The summed E-state index contributed by atoms with van der Waals surface area (Å²) in [7, 11) is 0. The Bertz CT molecular complexity index is 930. The third-order valence-corrected chi connectivity index (χ3v) is 5.54. The highest BCUT2D eigenvalue weighted by Crippen LogP contribution is 2.39. The van der Waals surface area contributed by atoms with Crippen molar-refractivity contribution in [1.29, 1.82) is 0 Å². The van der Waals surface area contributed by atoms with Gasteiger partial charge in [-0.25, -0.2) is 0 Å². The van der Waals surface area contributed by atoms with Crippen LogP contribution in [0.1, 0.15) is 65.2 Å². The van der Waals surface area contributed by atoms with Crippen LogP contribution in [0.25, 0.3) is 22.3 Å². The summed E-state index contributed by atoms with van der Waals surface area (Å²) in [5.41, 5.74) is 9.82. The molecule has 3 aromatic carbocycles. The fourth-order valence-electron chi connectivity index (χ4n) is 3.97. The van der Waals surface area contributed by atoms with Gasteiger partial charge in [0.15, 0.2) is 0 Å². The van der Waals surface area contributed by atoms with E-state index in [-0.39, 0.29) is 10.8 Å². The van der Waals surface area contributed by atoms with Crippen molar-refractivity contribution >= 4 is 0 Å². The molecule has 0 fully saturated rings. The molecule has 0 bridgehead atoms. The minimum atomic E-state index is 0.105. The molecule has 0 nitrogen and oxygen atoms in total. The van der Waals surface area contributed by atoms with Gasteiger partial charge in [-0.3, -0.25) is 0 Å². The van der Waals surface area contributed by atoms with Crippen LogP contribution in [0.2, 0.25) is 0 Å². The molecular formula is C28H34. The van der Waals surface area contributed by atoms with Gasteiger partial charge in [-0.2, -0.15) is 0 Å². The molecule has 0 spiro atoms. The third-order valence-electron chi connectivity index (χ3n) is 5.54. The summed E-state index contributed by atoms with van der Waals surface area (Å²) in [4.78, 5) is 0. The minimum Gasteiger partial charge on any atom is -0.0622 e. The Hall–Kier alpha value is -2.34. The van der Waals surface area contributed by atoms with Crippen LogP contribution < -0.4 is 0 Å². The standard InChI is InChI=1S/C28H34/c1-8-20-18-26(28(5,6)7)24(19-25(20)27(2,3)4)23-16-14-22(15-17-23)21-12-10-9-11-13-21/h9-19H,8H2,1-7H3. The van der Waals surface area contributed by atoms with Gasteiger partial charge in [0.2, 0.25) is 0 Å². The summed E-state index contributed by atoms with van der Waals surface area (Å²) in [6, 6.07) is 24.6. The maximum absolute atomic E-state index is 2.46. The molecule has 0 unspecified atom stereocenters. The second-order valence-corrected chi connectivity index (χ2v) is 9.85. The predicted molar refractivity (Wildman–Crippen MR) is 124 cm³/mol. The fraction of sp³-hybridized carbons (Fsp3) is 0.357. The molecule has 28 heavy (non-hydrogen) atoms. The predicted octanol–water partition coefficient (Wildman–Crippen LogP) is 8.18. The molecule has 0 N–H and O–H groups in total. The number of benzene rings is 3. The Labute approximate surface area is 171 Å². The monoisotopic (exact) mass is 370 g/mol. The first-order valence-corrected chi connectivity index (χ1v) is 10.4. The van der Waals surface area contributed by atoms with Crippen LogP contribution in [-0.2, 0) is 17.3 Å². The first-order chi connectivity index (χ1) is 13.1. The van der Waals surface area contributed by atoms with E-state index < -0.39 is 0 Å². The maximum atomic E-state index is 2.46. The van der Waals surface area contributed by atoms with Crippen molar-refractivity contribution in [2.75, 3.05) is 0 Å². The molecule has 3 aromatic rings. The van der Waals surface area contributed by atoms with Crippen molar-refractivity contribution in [3.63, 3.8) is 0 Å². The zero-order chi connectivity index (χ0) is 20.5. The Kier molecular flexibility index (Phi) is 5.53. The normalized spacial score (nSPS) is 12.2. The summed E-state index contributed by atoms with van der Waals surface area (Å²) in [6.07, 6.45) is 1.07. The second kappa shape index (κ2) is 7.59. The van der Waals surface area contributed by atoms with Crippen LogP contribution >= 0.6 is 0 Å². The van der Waals surface area contributed by atoms with Crippen molar-refractivity contribution in [1.82, 2.24) is 0 Å². The van der Waals surface area contributed by atoms with E-state index in [1.807, 2.05) is 0 Å². The zero-order valence-electron chi connectivity index (χ0n) is 18.6. The van der Waals surface area contributed by atoms with Gasteiger partial charge in [0.05, 0.1) is 0 Å². The quantitative estimate of drug-likeness (QED) is 0.436. The molecule has 3 rings (SSSR count). The van der Waals surface area contributed by atoms with Crippen molar-refractivity contribution in [2.45, 2.75) is 65.7 Å². The maximum Gasteiger partial charge on any atom is -0.0126 e. The zero-order valence-corrected chi connectivity index (χ0v) is 18.6. The molecule has 0 heteroatoms. The first kappa shape index (κ1) is 20.4. The van der Waals surface area contributed by atoms with Gasteiger partial charge in [-0.15, -0.1) is 0 Å². The summed E-state index contributed by atoms with van der Waals surface area (Å²) >= 11 is 0. The highest BCUT2D eigenvalue weighted by atomic mass is 14.3. The van der Waals surface area contributed by atoms with E-state index in [9.17, 15) is 0 Å². The Morgan fingerprint density at radius 1 is 0.571 bits per heavy atom. The van der Waals surface area contributed by atoms with E-state index in [1.54, 1.807) is 0 Å². The van der Waals surface area contributed by atoms with E-state index >= 15 is 0 Å². The largest absolute Gasteiger partial charge is 0.0622 e. The Morgan fingerprint density at radius 3 is 1.57 bits per heavy atom. The average molecular weight is 371 g/mol. The number of hydrogen-bond acceptors (Lipinski definition) is 0. The van der Waals surface area contributed by atoms with Gasteiger partial charge < -0.3 is 0 Å². The van der Waals surface area contributed by atoms with E-state index in [0.29, 0.717) is 0 Å². The van der Waals surface area contributed by atoms with E-state index in [0.717, 1.165) is 6.42 Å². The lowest BCUT2D eigenvalue weighted by Crippen LogP contribution is -2.19. The van der Waals surface area contributed by atoms with Crippen molar-refractivity contribution in [3.05, 3.63) is 83.4 Å². The highest BCUT2D eigenvalue weighted by Gasteiger charge is 2.25. The van der Waals surface area contributed by atoms with Crippen LogP contribution in [0.4, 0.5) is 0 Å². The van der Waals surface area contributed by atoms with Crippen LogP contribution in [0, 0.1) is 0 Å². The van der Waals surface area contributed by atoms with Crippen molar-refractivity contribution < 1.29 is 0 Å². The fourth-order valence-corrected chi connectivity index (χ4v) is 3.97. The summed E-state index contributed by atoms with van der Waals surface area (Å²) < 4.78 is 0. The van der Waals surface area contributed by atoms with Gasteiger partial charge in [0.25, 0.3) is 0 Å². The topological polar surface area (TPSA) is 0 Å². The molecule has 0 aliphatic rings. The molecule has 0 atom stereocenters. The van der Waals surface area contributed by atoms with Crippen LogP contribution in [0.5, 0.6) is 0 Å². The van der Waals surface area contributed by atoms with Gasteiger partial charge in [-0.1, -0.05) is 115 Å². The van der Waals surface area contributed by atoms with E-state index in [4.69, 9.17) is 0 Å².